The maximum atomic E-state index is 11.3. The summed E-state index contributed by atoms with van der Waals surface area (Å²) in [5.74, 6) is -0.201. The number of aryl methyl sites for hydroxylation is 1. The fourth-order valence-corrected chi connectivity index (χ4v) is 2.67. The average molecular weight is 305 g/mol. The van der Waals surface area contributed by atoms with Crippen LogP contribution in [0.3, 0.4) is 0 Å². The quantitative estimate of drug-likeness (QED) is 0.517. The molecule has 0 radical (unpaired) electrons. The van der Waals surface area contributed by atoms with Crippen molar-refractivity contribution in [3.8, 4) is 0 Å². The van der Waals surface area contributed by atoms with E-state index in [0.717, 1.165) is 9.88 Å². The second-order valence-electron chi connectivity index (χ2n) is 4.72. The number of carbonyl (C=O) groups excluding carboxylic acids is 1. The van der Waals surface area contributed by atoms with Crippen LogP contribution in [-0.2, 0) is 0 Å². The van der Waals surface area contributed by atoms with Crippen LogP contribution in [0.15, 0.2) is 24.4 Å². The molecule has 1 aromatic heterocycles. The highest BCUT2D eigenvalue weighted by molar-refractivity contribution is 7.11. The molecule has 110 valence electrons. The van der Waals surface area contributed by atoms with Gasteiger partial charge in [-0.1, -0.05) is 0 Å². The van der Waals surface area contributed by atoms with Gasteiger partial charge in [-0.25, -0.2) is 4.98 Å². The van der Waals surface area contributed by atoms with Crippen molar-refractivity contribution in [2.75, 3.05) is 5.32 Å². The third-order valence-corrected chi connectivity index (χ3v) is 4.08. The van der Waals surface area contributed by atoms with E-state index in [1.807, 2.05) is 13.8 Å². The van der Waals surface area contributed by atoms with Crippen LogP contribution >= 0.6 is 11.3 Å². The first kappa shape index (κ1) is 15.1. The van der Waals surface area contributed by atoms with Crippen LogP contribution < -0.4 is 5.32 Å². The SMILES string of the molecule is CC(=O)c1ccc(NC(C)c2ncc(C)s2)c([N+](=O)[O-])c1. The highest BCUT2D eigenvalue weighted by atomic mass is 32.1. The van der Waals surface area contributed by atoms with E-state index < -0.39 is 4.92 Å². The smallest absolute Gasteiger partial charge is 0.293 e. The van der Waals surface area contributed by atoms with Crippen molar-refractivity contribution < 1.29 is 9.72 Å². The van der Waals surface area contributed by atoms with Gasteiger partial charge in [0.25, 0.3) is 5.69 Å². The number of Topliss-reactive ketones (excluding diaryl/α,β-unsaturated/α-hetero) is 1. The number of ketones is 1. The summed E-state index contributed by atoms with van der Waals surface area (Å²) in [5.41, 5.74) is 0.596. The van der Waals surface area contributed by atoms with Crippen molar-refractivity contribution in [3.05, 3.63) is 50.0 Å². The second kappa shape index (κ2) is 6.01. The maximum absolute atomic E-state index is 11.3. The minimum Gasteiger partial charge on any atom is -0.371 e. The zero-order valence-electron chi connectivity index (χ0n) is 11.9. The Morgan fingerprint density at radius 3 is 2.71 bits per heavy atom. The lowest BCUT2D eigenvalue weighted by molar-refractivity contribution is -0.384. The molecule has 0 bridgehead atoms. The number of hydrogen-bond acceptors (Lipinski definition) is 6. The number of nitrogens with one attached hydrogen (secondary N) is 1. The molecule has 1 atom stereocenters. The van der Waals surface area contributed by atoms with Gasteiger partial charge in [0.05, 0.1) is 11.0 Å². The molecule has 1 aromatic carbocycles. The Bertz CT molecular complexity index is 697. The van der Waals surface area contributed by atoms with Gasteiger partial charge in [0.15, 0.2) is 5.78 Å². The Hall–Kier alpha value is -2.28. The minimum atomic E-state index is -0.491. The maximum Gasteiger partial charge on any atom is 0.293 e. The number of nitro benzene ring substituents is 1. The van der Waals surface area contributed by atoms with Crippen LogP contribution in [-0.4, -0.2) is 15.7 Å². The zero-order chi connectivity index (χ0) is 15.6. The summed E-state index contributed by atoms with van der Waals surface area (Å²) in [4.78, 5) is 27.3. The van der Waals surface area contributed by atoms with Crippen molar-refractivity contribution in [1.29, 1.82) is 0 Å². The van der Waals surface area contributed by atoms with E-state index in [1.165, 1.54) is 24.3 Å². The van der Waals surface area contributed by atoms with Crippen LogP contribution in [0.2, 0.25) is 0 Å². The number of nitrogens with zero attached hydrogens (tertiary/aromatic N) is 2. The Morgan fingerprint density at radius 1 is 1.48 bits per heavy atom. The molecule has 21 heavy (non-hydrogen) atoms. The van der Waals surface area contributed by atoms with Crippen molar-refractivity contribution in [2.45, 2.75) is 26.8 Å². The Morgan fingerprint density at radius 2 is 2.19 bits per heavy atom. The molecule has 2 aromatic rings. The summed E-state index contributed by atoms with van der Waals surface area (Å²) in [5, 5.41) is 15.1. The molecule has 0 aliphatic carbocycles. The van der Waals surface area contributed by atoms with Crippen LogP contribution in [0.5, 0.6) is 0 Å². The lowest BCUT2D eigenvalue weighted by Gasteiger charge is -2.13. The summed E-state index contributed by atoms with van der Waals surface area (Å²) < 4.78 is 0. The summed E-state index contributed by atoms with van der Waals surface area (Å²) in [6, 6.07) is 4.29. The topological polar surface area (TPSA) is 85.1 Å². The minimum absolute atomic E-state index is 0.108. The second-order valence-corrected chi connectivity index (χ2v) is 5.99. The molecule has 6 nitrogen and oxygen atoms in total. The van der Waals surface area contributed by atoms with Crippen LogP contribution in [0, 0.1) is 17.0 Å². The standard InChI is InChI=1S/C14H15N3O3S/c1-8-7-15-14(21-8)9(2)16-12-5-4-11(10(3)18)6-13(12)17(19)20/h4-7,9,16H,1-3H3. The number of carbonyl (C=O) groups is 1. The highest BCUT2D eigenvalue weighted by Crippen LogP contribution is 2.30. The van der Waals surface area contributed by atoms with Crippen LogP contribution in [0.4, 0.5) is 11.4 Å². The molecule has 0 aliphatic heterocycles. The number of rotatable bonds is 5. The number of anilines is 1. The van der Waals surface area contributed by atoms with Gasteiger partial charge in [-0.3, -0.25) is 14.9 Å². The molecule has 0 saturated carbocycles. The molecule has 0 amide bonds. The Labute approximate surface area is 126 Å². The lowest BCUT2D eigenvalue weighted by atomic mass is 10.1. The van der Waals surface area contributed by atoms with Gasteiger partial charge in [-0.15, -0.1) is 11.3 Å². The molecule has 0 spiro atoms. The summed E-state index contributed by atoms with van der Waals surface area (Å²) in [6.45, 7) is 5.23. The zero-order valence-corrected chi connectivity index (χ0v) is 12.7. The lowest BCUT2D eigenvalue weighted by Crippen LogP contribution is -2.08. The predicted molar refractivity (Wildman–Crippen MR) is 82.0 cm³/mol. The monoisotopic (exact) mass is 305 g/mol. The molecule has 0 fully saturated rings. The van der Waals surface area contributed by atoms with E-state index >= 15 is 0 Å². The molecule has 1 N–H and O–H groups in total. The van der Waals surface area contributed by atoms with Crippen LogP contribution in [0.25, 0.3) is 0 Å². The number of nitro groups is 1. The molecule has 0 aliphatic rings. The average Bonchev–Trinajstić information content (AvgIpc) is 2.85. The summed E-state index contributed by atoms with van der Waals surface area (Å²) in [7, 11) is 0. The van der Waals surface area contributed by atoms with Gasteiger partial charge in [-0.2, -0.15) is 0 Å². The molecule has 2 rings (SSSR count). The highest BCUT2D eigenvalue weighted by Gasteiger charge is 2.19. The third kappa shape index (κ3) is 3.43. The van der Waals surface area contributed by atoms with Gasteiger partial charge in [0.1, 0.15) is 10.7 Å². The van der Waals surface area contributed by atoms with Gasteiger partial charge in [0.2, 0.25) is 0 Å². The van der Waals surface area contributed by atoms with Crippen molar-refractivity contribution in [2.24, 2.45) is 0 Å². The predicted octanol–water partition coefficient (Wildman–Crippen LogP) is 3.74. The van der Waals surface area contributed by atoms with E-state index in [4.69, 9.17) is 0 Å². The Balaban J connectivity index is 2.31. The molecular weight excluding hydrogens is 290 g/mol. The first-order chi connectivity index (χ1) is 9.88. The molecular formula is C14H15N3O3S. The van der Waals surface area contributed by atoms with Crippen LogP contribution in [0.1, 0.15) is 40.1 Å². The van der Waals surface area contributed by atoms with E-state index in [9.17, 15) is 14.9 Å². The number of benzene rings is 1. The normalized spacial score (nSPS) is 12.0. The molecule has 0 saturated heterocycles. The third-order valence-electron chi connectivity index (χ3n) is 2.98. The van der Waals surface area contributed by atoms with Gasteiger partial charge in [0, 0.05) is 22.7 Å². The number of aromatic nitrogens is 1. The molecule has 1 heterocycles. The van der Waals surface area contributed by atoms with E-state index in [1.54, 1.807) is 18.3 Å². The van der Waals surface area contributed by atoms with Gasteiger partial charge in [-0.05, 0) is 32.9 Å². The van der Waals surface area contributed by atoms with E-state index in [-0.39, 0.29) is 17.5 Å². The van der Waals surface area contributed by atoms with Gasteiger partial charge >= 0.3 is 0 Å². The first-order valence-electron chi connectivity index (χ1n) is 6.36. The summed E-state index contributed by atoms with van der Waals surface area (Å²) in [6.07, 6.45) is 1.77. The van der Waals surface area contributed by atoms with Gasteiger partial charge < -0.3 is 5.32 Å². The summed E-state index contributed by atoms with van der Waals surface area (Å²) >= 11 is 1.54. The fraction of sp³-hybridized carbons (Fsp3) is 0.286. The molecule has 1 unspecified atom stereocenters. The fourth-order valence-electron chi connectivity index (χ4n) is 1.89. The Kier molecular flexibility index (Phi) is 4.32. The molecule has 7 heteroatoms. The van der Waals surface area contributed by atoms with Crippen molar-refractivity contribution >= 4 is 28.5 Å². The first-order valence-corrected chi connectivity index (χ1v) is 7.18. The van der Waals surface area contributed by atoms with Crippen molar-refractivity contribution in [1.82, 2.24) is 4.98 Å². The number of thiazole rings is 1. The van der Waals surface area contributed by atoms with E-state index in [2.05, 4.69) is 10.3 Å². The van der Waals surface area contributed by atoms with E-state index in [0.29, 0.717) is 11.3 Å². The number of hydrogen-bond donors (Lipinski definition) is 1. The largest absolute Gasteiger partial charge is 0.371 e. The van der Waals surface area contributed by atoms with Crippen molar-refractivity contribution in [3.63, 3.8) is 0 Å².